The molecule has 0 aromatic heterocycles. The van der Waals surface area contributed by atoms with Gasteiger partial charge in [-0.3, -0.25) is 9.59 Å². The highest BCUT2D eigenvalue weighted by molar-refractivity contribution is 5.79. The van der Waals surface area contributed by atoms with Gasteiger partial charge in [-0.15, -0.1) is 0 Å². The highest BCUT2D eigenvalue weighted by atomic mass is 19.1. The molecule has 160 valence electrons. The molecule has 1 N–H and O–H groups in total. The van der Waals surface area contributed by atoms with Gasteiger partial charge in [0.15, 0.2) is 0 Å². The zero-order valence-electron chi connectivity index (χ0n) is 17.4. The van der Waals surface area contributed by atoms with Gasteiger partial charge in [0.1, 0.15) is 5.82 Å². The number of rotatable bonds is 7. The Hall–Kier alpha value is -1.95. The first-order valence-electron chi connectivity index (χ1n) is 10.8. The summed E-state index contributed by atoms with van der Waals surface area (Å²) >= 11 is 0. The van der Waals surface area contributed by atoms with Crippen molar-refractivity contribution in [1.82, 2.24) is 10.2 Å². The first kappa shape index (κ1) is 21.8. The Labute approximate surface area is 173 Å². The van der Waals surface area contributed by atoms with Crippen LogP contribution in [0.25, 0.3) is 0 Å². The fourth-order valence-electron chi connectivity index (χ4n) is 4.78. The van der Waals surface area contributed by atoms with Crippen molar-refractivity contribution in [3.8, 4) is 0 Å². The van der Waals surface area contributed by atoms with Crippen molar-refractivity contribution in [2.75, 3.05) is 33.4 Å². The van der Waals surface area contributed by atoms with E-state index in [0.29, 0.717) is 30.9 Å². The molecular weight excluding hydrogens is 371 g/mol. The van der Waals surface area contributed by atoms with Gasteiger partial charge in [-0.25, -0.2) is 4.39 Å². The predicted octanol–water partition coefficient (Wildman–Crippen LogP) is 3.32. The summed E-state index contributed by atoms with van der Waals surface area (Å²) in [4.78, 5) is 26.5. The van der Waals surface area contributed by atoms with Gasteiger partial charge in [0.2, 0.25) is 11.8 Å². The minimum atomic E-state index is -0.294. The van der Waals surface area contributed by atoms with E-state index >= 15 is 0 Å². The van der Waals surface area contributed by atoms with E-state index in [4.69, 9.17) is 4.74 Å². The van der Waals surface area contributed by atoms with Crippen LogP contribution in [0.1, 0.15) is 50.5 Å². The standard InChI is InChI=1S/C23H33FN2O3/c1-29-14-11-25-21(27)16-18-5-7-23(8-6-18)9-12-26(13-10-23)22(28)17-19-3-2-4-20(24)15-19/h2-4,15,18H,5-14,16-17H2,1H3,(H,25,27). The Balaban J connectivity index is 1.40. The Morgan fingerprint density at radius 1 is 1.21 bits per heavy atom. The third-order valence-electron chi connectivity index (χ3n) is 6.69. The highest BCUT2D eigenvalue weighted by Crippen LogP contribution is 2.47. The number of benzene rings is 1. The Bertz CT molecular complexity index is 691. The molecular formula is C23H33FN2O3. The van der Waals surface area contributed by atoms with Crippen LogP contribution in [0.4, 0.5) is 4.39 Å². The predicted molar refractivity (Wildman–Crippen MR) is 110 cm³/mol. The van der Waals surface area contributed by atoms with Gasteiger partial charge in [-0.05, 0) is 67.6 Å². The second-order valence-corrected chi connectivity index (χ2v) is 8.68. The number of piperidine rings is 1. The molecule has 3 rings (SSSR count). The van der Waals surface area contributed by atoms with Gasteiger partial charge in [-0.1, -0.05) is 12.1 Å². The summed E-state index contributed by atoms with van der Waals surface area (Å²) in [5.41, 5.74) is 1.07. The van der Waals surface area contributed by atoms with E-state index in [1.807, 2.05) is 4.90 Å². The lowest BCUT2D eigenvalue weighted by atomic mass is 9.65. The fourth-order valence-corrected chi connectivity index (χ4v) is 4.78. The molecule has 1 saturated heterocycles. The number of carbonyl (C=O) groups is 2. The first-order chi connectivity index (χ1) is 14.0. The van der Waals surface area contributed by atoms with Crippen LogP contribution in [0.2, 0.25) is 0 Å². The Morgan fingerprint density at radius 3 is 2.59 bits per heavy atom. The lowest BCUT2D eigenvalue weighted by Gasteiger charge is -2.46. The average Bonchev–Trinajstić information content (AvgIpc) is 2.71. The number of methoxy groups -OCH3 is 1. The quantitative estimate of drug-likeness (QED) is 0.710. The SMILES string of the molecule is COCCNC(=O)CC1CCC2(CC1)CCN(C(=O)Cc1cccc(F)c1)CC2. The molecule has 2 amide bonds. The zero-order chi connectivity index (χ0) is 20.7. The summed E-state index contributed by atoms with van der Waals surface area (Å²) in [6, 6.07) is 6.30. The van der Waals surface area contributed by atoms with E-state index in [9.17, 15) is 14.0 Å². The van der Waals surface area contributed by atoms with Crippen molar-refractivity contribution < 1.29 is 18.7 Å². The van der Waals surface area contributed by atoms with Crippen molar-refractivity contribution in [2.45, 2.75) is 51.4 Å². The maximum absolute atomic E-state index is 13.3. The van der Waals surface area contributed by atoms with E-state index in [1.54, 1.807) is 19.2 Å². The average molecular weight is 405 g/mol. The van der Waals surface area contributed by atoms with Crippen molar-refractivity contribution in [1.29, 1.82) is 0 Å². The van der Waals surface area contributed by atoms with Gasteiger partial charge in [0.25, 0.3) is 0 Å². The van der Waals surface area contributed by atoms with Crippen LogP contribution in [0.5, 0.6) is 0 Å². The molecule has 0 atom stereocenters. The molecule has 1 aromatic carbocycles. The summed E-state index contributed by atoms with van der Waals surface area (Å²) in [5, 5.41) is 2.91. The number of ether oxygens (including phenoxy) is 1. The third-order valence-corrected chi connectivity index (χ3v) is 6.69. The normalized spacial score (nSPS) is 19.3. The molecule has 29 heavy (non-hydrogen) atoms. The summed E-state index contributed by atoms with van der Waals surface area (Å²) < 4.78 is 18.3. The number of nitrogens with zero attached hydrogens (tertiary/aromatic N) is 1. The van der Waals surface area contributed by atoms with Gasteiger partial charge < -0.3 is 15.0 Å². The smallest absolute Gasteiger partial charge is 0.226 e. The number of hydrogen-bond acceptors (Lipinski definition) is 3. The van der Waals surface area contributed by atoms with Crippen molar-refractivity contribution in [3.63, 3.8) is 0 Å². The summed E-state index contributed by atoms with van der Waals surface area (Å²) in [5.74, 6) is 0.389. The number of likely N-dealkylation sites (tertiary alicyclic amines) is 1. The van der Waals surface area contributed by atoms with E-state index in [0.717, 1.165) is 57.2 Å². The molecule has 0 unspecified atom stereocenters. The number of nitrogens with one attached hydrogen (secondary N) is 1. The molecule has 1 aliphatic carbocycles. The largest absolute Gasteiger partial charge is 0.383 e. The molecule has 0 bridgehead atoms. The van der Waals surface area contributed by atoms with Gasteiger partial charge in [-0.2, -0.15) is 0 Å². The molecule has 0 radical (unpaired) electrons. The molecule has 1 saturated carbocycles. The second kappa shape index (κ2) is 10.2. The third kappa shape index (κ3) is 6.26. The molecule has 2 fully saturated rings. The Kier molecular flexibility index (Phi) is 7.64. The molecule has 5 nitrogen and oxygen atoms in total. The molecule has 1 spiro atoms. The monoisotopic (exact) mass is 404 g/mol. The van der Waals surface area contributed by atoms with E-state index in [2.05, 4.69) is 5.32 Å². The van der Waals surface area contributed by atoms with Crippen molar-refractivity contribution in [2.24, 2.45) is 11.3 Å². The van der Waals surface area contributed by atoms with E-state index in [-0.39, 0.29) is 24.1 Å². The minimum Gasteiger partial charge on any atom is -0.383 e. The summed E-state index contributed by atoms with van der Waals surface area (Å²) in [6.07, 6.45) is 7.43. The van der Waals surface area contributed by atoms with Crippen LogP contribution >= 0.6 is 0 Å². The molecule has 6 heteroatoms. The Morgan fingerprint density at radius 2 is 1.93 bits per heavy atom. The molecule has 1 heterocycles. The number of amides is 2. The van der Waals surface area contributed by atoms with Crippen LogP contribution in [-0.4, -0.2) is 50.1 Å². The maximum Gasteiger partial charge on any atom is 0.226 e. The molecule has 2 aliphatic rings. The topological polar surface area (TPSA) is 58.6 Å². The van der Waals surface area contributed by atoms with Crippen molar-refractivity contribution >= 4 is 11.8 Å². The van der Waals surface area contributed by atoms with Gasteiger partial charge in [0, 0.05) is 33.2 Å². The van der Waals surface area contributed by atoms with Crippen LogP contribution in [0.15, 0.2) is 24.3 Å². The summed E-state index contributed by atoms with van der Waals surface area (Å²) in [7, 11) is 1.63. The van der Waals surface area contributed by atoms with E-state index in [1.165, 1.54) is 12.1 Å². The highest BCUT2D eigenvalue weighted by Gasteiger charge is 2.39. The number of hydrogen-bond donors (Lipinski definition) is 1. The number of halogens is 1. The molecule has 1 aromatic rings. The second-order valence-electron chi connectivity index (χ2n) is 8.68. The first-order valence-corrected chi connectivity index (χ1v) is 10.8. The lowest BCUT2D eigenvalue weighted by molar-refractivity contribution is -0.133. The maximum atomic E-state index is 13.3. The molecule has 1 aliphatic heterocycles. The fraction of sp³-hybridized carbons (Fsp3) is 0.652. The van der Waals surface area contributed by atoms with Crippen LogP contribution in [-0.2, 0) is 20.7 Å². The van der Waals surface area contributed by atoms with Crippen LogP contribution in [0.3, 0.4) is 0 Å². The summed E-state index contributed by atoms with van der Waals surface area (Å²) in [6.45, 7) is 2.70. The van der Waals surface area contributed by atoms with Gasteiger partial charge >= 0.3 is 0 Å². The van der Waals surface area contributed by atoms with Crippen LogP contribution < -0.4 is 5.32 Å². The zero-order valence-corrected chi connectivity index (χ0v) is 17.4. The number of carbonyl (C=O) groups excluding carboxylic acids is 2. The van der Waals surface area contributed by atoms with Crippen LogP contribution in [0, 0.1) is 17.2 Å². The van der Waals surface area contributed by atoms with E-state index < -0.39 is 0 Å². The van der Waals surface area contributed by atoms with Gasteiger partial charge in [0.05, 0.1) is 13.0 Å². The minimum absolute atomic E-state index is 0.0897. The lowest BCUT2D eigenvalue weighted by Crippen LogP contribution is -2.45. The van der Waals surface area contributed by atoms with Crippen molar-refractivity contribution in [3.05, 3.63) is 35.6 Å².